The number of aromatic nitrogens is 1. The van der Waals surface area contributed by atoms with Crippen molar-refractivity contribution in [3.8, 4) is 11.9 Å². The normalized spacial score (nSPS) is 11.4. The second kappa shape index (κ2) is 5.14. The number of hydrogen-bond donors (Lipinski definition) is 1. The van der Waals surface area contributed by atoms with Crippen LogP contribution in [0.4, 0.5) is 22.0 Å². The summed E-state index contributed by atoms with van der Waals surface area (Å²) in [6, 6.07) is 2.33. The molecule has 18 heavy (non-hydrogen) atoms. The molecule has 0 amide bonds. The molecule has 9 heteroatoms. The maximum Gasteiger partial charge on any atom is 0.574 e. The molecule has 1 heterocycles. The van der Waals surface area contributed by atoms with Gasteiger partial charge in [0.25, 0.3) is 6.43 Å². The Kier molecular flexibility index (Phi) is 4.03. The zero-order chi connectivity index (χ0) is 13.9. The summed E-state index contributed by atoms with van der Waals surface area (Å²) in [5.74, 6) is -1.35. The predicted octanol–water partition coefficient (Wildman–Crippen LogP) is 2.25. The van der Waals surface area contributed by atoms with E-state index in [-0.39, 0.29) is 5.56 Å². The Bertz CT molecular complexity index is 480. The van der Waals surface area contributed by atoms with Crippen LogP contribution >= 0.6 is 0 Å². The van der Waals surface area contributed by atoms with Crippen LogP contribution in [0.3, 0.4) is 0 Å². The van der Waals surface area contributed by atoms with Crippen molar-refractivity contribution in [2.24, 2.45) is 5.73 Å². The highest BCUT2D eigenvalue weighted by atomic mass is 19.4. The van der Waals surface area contributed by atoms with Gasteiger partial charge in [-0.1, -0.05) is 0 Å². The minimum Gasteiger partial charge on any atom is -0.387 e. The van der Waals surface area contributed by atoms with E-state index in [9.17, 15) is 22.0 Å². The predicted molar refractivity (Wildman–Crippen MR) is 48.5 cm³/mol. The zero-order valence-electron chi connectivity index (χ0n) is 8.63. The van der Waals surface area contributed by atoms with Crippen LogP contribution in [-0.4, -0.2) is 11.3 Å². The molecule has 2 N–H and O–H groups in total. The fraction of sp³-hybridized carbons (Fsp3) is 0.333. The largest absolute Gasteiger partial charge is 0.574 e. The third kappa shape index (κ3) is 3.27. The van der Waals surface area contributed by atoms with Crippen LogP contribution in [0.25, 0.3) is 0 Å². The molecule has 0 saturated heterocycles. The summed E-state index contributed by atoms with van der Waals surface area (Å²) in [5, 5.41) is 8.53. The van der Waals surface area contributed by atoms with E-state index in [1.54, 1.807) is 0 Å². The first-order valence-corrected chi connectivity index (χ1v) is 4.46. The Hall–Kier alpha value is -1.95. The minimum absolute atomic E-state index is 0.323. The number of ether oxygens (including phenoxy) is 1. The number of nitriles is 1. The molecule has 0 atom stereocenters. The molecule has 0 aliphatic rings. The molecule has 1 rings (SSSR count). The van der Waals surface area contributed by atoms with Gasteiger partial charge in [0.05, 0.1) is 5.56 Å². The van der Waals surface area contributed by atoms with Crippen molar-refractivity contribution in [2.75, 3.05) is 0 Å². The number of rotatable bonds is 3. The van der Waals surface area contributed by atoms with Crippen LogP contribution in [0.15, 0.2) is 6.07 Å². The van der Waals surface area contributed by atoms with Gasteiger partial charge in [-0.3, -0.25) is 0 Å². The number of hydrogen-bond acceptors (Lipinski definition) is 4. The molecule has 4 nitrogen and oxygen atoms in total. The van der Waals surface area contributed by atoms with E-state index in [1.165, 1.54) is 6.07 Å². The Morgan fingerprint density at radius 1 is 1.44 bits per heavy atom. The van der Waals surface area contributed by atoms with Crippen molar-refractivity contribution in [3.05, 3.63) is 22.9 Å². The van der Waals surface area contributed by atoms with Crippen LogP contribution in [-0.2, 0) is 6.54 Å². The van der Waals surface area contributed by atoms with Crippen molar-refractivity contribution in [1.29, 1.82) is 5.26 Å². The van der Waals surface area contributed by atoms with Gasteiger partial charge in [0.15, 0.2) is 0 Å². The van der Waals surface area contributed by atoms with Gasteiger partial charge in [0.1, 0.15) is 11.8 Å². The van der Waals surface area contributed by atoms with Crippen LogP contribution in [0.2, 0.25) is 0 Å². The molecule has 0 radical (unpaired) electrons. The van der Waals surface area contributed by atoms with E-state index in [0.717, 1.165) is 6.07 Å². The first kappa shape index (κ1) is 14.1. The van der Waals surface area contributed by atoms with E-state index < -0.39 is 36.5 Å². The van der Waals surface area contributed by atoms with Gasteiger partial charge in [-0.25, -0.2) is 13.8 Å². The molecule has 1 aromatic heterocycles. The average Bonchev–Trinajstić information content (AvgIpc) is 2.25. The molecule has 0 spiro atoms. The Labute approximate surface area is 97.8 Å². The van der Waals surface area contributed by atoms with Crippen LogP contribution in [0.5, 0.6) is 5.88 Å². The van der Waals surface area contributed by atoms with Gasteiger partial charge in [0, 0.05) is 6.54 Å². The average molecular weight is 267 g/mol. The third-order valence-electron chi connectivity index (χ3n) is 1.87. The monoisotopic (exact) mass is 267 g/mol. The van der Waals surface area contributed by atoms with E-state index >= 15 is 0 Å². The van der Waals surface area contributed by atoms with Gasteiger partial charge >= 0.3 is 6.36 Å². The lowest BCUT2D eigenvalue weighted by atomic mass is 10.1. The van der Waals surface area contributed by atoms with Crippen molar-refractivity contribution >= 4 is 0 Å². The summed E-state index contributed by atoms with van der Waals surface area (Å²) < 4.78 is 64.8. The Balaban J connectivity index is 3.40. The molecule has 0 aliphatic heterocycles. The van der Waals surface area contributed by atoms with E-state index in [1.807, 2.05) is 0 Å². The topological polar surface area (TPSA) is 71.9 Å². The van der Waals surface area contributed by atoms with Gasteiger partial charge in [-0.05, 0) is 11.6 Å². The highest BCUT2D eigenvalue weighted by Gasteiger charge is 2.35. The maximum atomic E-state index is 12.7. The van der Waals surface area contributed by atoms with Gasteiger partial charge < -0.3 is 10.5 Å². The van der Waals surface area contributed by atoms with Crippen LogP contribution < -0.4 is 10.5 Å². The minimum atomic E-state index is -5.18. The molecule has 0 fully saturated rings. The highest BCUT2D eigenvalue weighted by molar-refractivity contribution is 5.41. The summed E-state index contributed by atoms with van der Waals surface area (Å²) >= 11 is 0. The zero-order valence-corrected chi connectivity index (χ0v) is 8.63. The molecule has 0 saturated carbocycles. The molecule has 0 bridgehead atoms. The summed E-state index contributed by atoms with van der Waals surface area (Å²) in [7, 11) is 0. The fourth-order valence-electron chi connectivity index (χ4n) is 1.23. The summed E-state index contributed by atoms with van der Waals surface area (Å²) in [6.07, 6.45) is -8.43. The summed E-state index contributed by atoms with van der Waals surface area (Å²) in [6.45, 7) is -0.467. The lowest BCUT2D eigenvalue weighted by Gasteiger charge is -2.14. The second-order valence-electron chi connectivity index (χ2n) is 3.05. The van der Waals surface area contributed by atoms with E-state index in [0.29, 0.717) is 0 Å². The van der Waals surface area contributed by atoms with Gasteiger partial charge in [0.2, 0.25) is 5.88 Å². The van der Waals surface area contributed by atoms with Crippen molar-refractivity contribution in [3.63, 3.8) is 0 Å². The number of halogens is 5. The fourth-order valence-corrected chi connectivity index (χ4v) is 1.23. The van der Waals surface area contributed by atoms with Gasteiger partial charge in [-0.2, -0.15) is 5.26 Å². The molecule has 0 aromatic carbocycles. The molecular weight excluding hydrogens is 261 g/mol. The lowest BCUT2D eigenvalue weighted by molar-refractivity contribution is -0.276. The van der Waals surface area contributed by atoms with Crippen LogP contribution in [0.1, 0.15) is 23.2 Å². The molecule has 1 aromatic rings. The molecule has 0 unspecified atom stereocenters. The molecule has 98 valence electrons. The summed E-state index contributed by atoms with van der Waals surface area (Å²) in [5.41, 5.74) is 3.27. The first-order chi connectivity index (χ1) is 8.28. The Morgan fingerprint density at radius 3 is 2.44 bits per heavy atom. The third-order valence-corrected chi connectivity index (χ3v) is 1.87. The second-order valence-corrected chi connectivity index (χ2v) is 3.05. The number of nitrogens with two attached hydrogens (primary N) is 1. The maximum absolute atomic E-state index is 12.7. The SMILES string of the molecule is N#Cc1cc(CN)c(C(F)F)c(OC(F)(F)F)n1. The van der Waals surface area contributed by atoms with Gasteiger partial charge in [-0.15, -0.1) is 13.2 Å². The molecular formula is C9H6F5N3O. The first-order valence-electron chi connectivity index (χ1n) is 4.46. The standard InChI is InChI=1S/C9H6F5N3O/c10-7(11)6-4(2-15)1-5(3-16)17-8(6)18-9(12,13)14/h1,7H,2,15H2. The lowest BCUT2D eigenvalue weighted by Crippen LogP contribution is -2.20. The van der Waals surface area contributed by atoms with Crippen molar-refractivity contribution in [2.45, 2.75) is 19.3 Å². The number of alkyl halides is 5. The quantitative estimate of drug-likeness (QED) is 0.852. The van der Waals surface area contributed by atoms with E-state index in [2.05, 4.69) is 9.72 Å². The van der Waals surface area contributed by atoms with Crippen molar-refractivity contribution in [1.82, 2.24) is 4.98 Å². The summed E-state index contributed by atoms with van der Waals surface area (Å²) in [4.78, 5) is 3.07. The molecule has 0 aliphatic carbocycles. The Morgan fingerprint density at radius 2 is 2.06 bits per heavy atom. The smallest absolute Gasteiger partial charge is 0.387 e. The van der Waals surface area contributed by atoms with Crippen LogP contribution in [0, 0.1) is 11.3 Å². The van der Waals surface area contributed by atoms with E-state index in [4.69, 9.17) is 11.0 Å². The van der Waals surface area contributed by atoms with Crippen molar-refractivity contribution < 1.29 is 26.7 Å². The highest BCUT2D eigenvalue weighted by Crippen LogP contribution is 2.34. The number of nitrogens with zero attached hydrogens (tertiary/aromatic N) is 2. The number of pyridine rings is 1.